The van der Waals surface area contributed by atoms with Crippen LogP contribution in [0.3, 0.4) is 0 Å². The Morgan fingerprint density at radius 3 is 2.86 bits per heavy atom. The van der Waals surface area contributed by atoms with E-state index in [4.69, 9.17) is 4.42 Å². The number of carboxylic acid groups (broad SMARTS) is 1. The molecule has 4 rings (SSSR count). The summed E-state index contributed by atoms with van der Waals surface area (Å²) < 4.78 is 5.57. The zero-order chi connectivity index (χ0) is 14.4. The molecule has 0 unspecified atom stereocenters. The molecule has 0 aromatic carbocycles. The molecule has 4 nitrogen and oxygen atoms in total. The monoisotopic (exact) mass is 303 g/mol. The van der Waals surface area contributed by atoms with Crippen molar-refractivity contribution < 1.29 is 14.3 Å². The molecule has 0 radical (unpaired) electrons. The van der Waals surface area contributed by atoms with Crippen LogP contribution in [0.1, 0.15) is 64.7 Å². The Kier molecular flexibility index (Phi) is 3.10. The third-order valence-electron chi connectivity index (χ3n) is 4.27. The zero-order valence-electron chi connectivity index (χ0n) is 11.7. The lowest BCUT2D eigenvalue weighted by Gasteiger charge is -1.92. The van der Waals surface area contributed by atoms with E-state index in [1.54, 1.807) is 11.3 Å². The van der Waals surface area contributed by atoms with Crippen LogP contribution in [0.25, 0.3) is 10.8 Å². The van der Waals surface area contributed by atoms with Crippen molar-refractivity contribution in [2.24, 2.45) is 0 Å². The van der Waals surface area contributed by atoms with Gasteiger partial charge < -0.3 is 9.52 Å². The third kappa shape index (κ3) is 2.39. The summed E-state index contributed by atoms with van der Waals surface area (Å²) in [7, 11) is 0. The van der Waals surface area contributed by atoms with E-state index < -0.39 is 5.97 Å². The number of carbonyl (C=O) groups is 1. The van der Waals surface area contributed by atoms with E-state index >= 15 is 0 Å². The van der Waals surface area contributed by atoms with Gasteiger partial charge in [-0.2, -0.15) is 0 Å². The largest absolute Gasteiger partial charge is 0.475 e. The predicted molar refractivity (Wildman–Crippen MR) is 80.0 cm³/mol. The molecular weight excluding hydrogens is 286 g/mol. The summed E-state index contributed by atoms with van der Waals surface area (Å²) >= 11 is 1.72. The highest BCUT2D eigenvalue weighted by molar-refractivity contribution is 7.15. The number of aromatic nitrogens is 1. The van der Waals surface area contributed by atoms with Crippen molar-refractivity contribution in [1.29, 1.82) is 0 Å². The summed E-state index contributed by atoms with van der Waals surface area (Å²) in [6.07, 6.45) is 8.07. The molecule has 2 aliphatic carbocycles. The van der Waals surface area contributed by atoms with Crippen molar-refractivity contribution >= 4 is 17.3 Å². The van der Waals surface area contributed by atoms with E-state index in [1.165, 1.54) is 29.7 Å². The van der Waals surface area contributed by atoms with Crippen molar-refractivity contribution in [3.05, 3.63) is 28.0 Å². The van der Waals surface area contributed by atoms with Crippen LogP contribution in [0.15, 0.2) is 10.5 Å². The van der Waals surface area contributed by atoms with Gasteiger partial charge in [0.2, 0.25) is 11.7 Å². The Labute approximate surface area is 126 Å². The Bertz CT molecular complexity index is 673. The van der Waals surface area contributed by atoms with Gasteiger partial charge in [0.05, 0.1) is 10.6 Å². The number of fused-ring (bicyclic) bond motifs is 1. The molecule has 2 aromatic heterocycles. The first-order valence-electron chi connectivity index (χ1n) is 7.58. The number of aromatic carboxylic acids is 1. The summed E-state index contributed by atoms with van der Waals surface area (Å²) in [5.74, 6) is -0.191. The first-order valence-corrected chi connectivity index (χ1v) is 8.40. The minimum absolute atomic E-state index is 0.0381. The molecule has 1 N–H and O–H groups in total. The SMILES string of the molecule is O=C(O)c1oc(-c2cc3c(s2)CCCCC3)nc1C1CC1. The molecule has 0 bridgehead atoms. The second-order valence-corrected chi connectivity index (χ2v) is 7.07. The van der Waals surface area contributed by atoms with Crippen LogP contribution in [0.2, 0.25) is 0 Å². The molecule has 0 aliphatic heterocycles. The van der Waals surface area contributed by atoms with Crippen LogP contribution in [0, 0.1) is 0 Å². The first kappa shape index (κ1) is 13.1. The second-order valence-electron chi connectivity index (χ2n) is 5.93. The van der Waals surface area contributed by atoms with Crippen molar-refractivity contribution in [2.45, 2.75) is 50.9 Å². The normalized spacial score (nSPS) is 18.3. The molecule has 1 fully saturated rings. The molecule has 2 aliphatic rings. The molecule has 0 amide bonds. The summed E-state index contributed by atoms with van der Waals surface area (Å²) in [6.45, 7) is 0. The van der Waals surface area contributed by atoms with E-state index in [1.807, 2.05) is 0 Å². The van der Waals surface area contributed by atoms with Gasteiger partial charge in [0, 0.05) is 10.8 Å². The molecular formula is C16H17NO3S. The van der Waals surface area contributed by atoms with E-state index in [2.05, 4.69) is 11.1 Å². The third-order valence-corrected chi connectivity index (χ3v) is 5.49. The maximum atomic E-state index is 11.3. The van der Waals surface area contributed by atoms with E-state index in [0.29, 0.717) is 11.6 Å². The lowest BCUT2D eigenvalue weighted by atomic mass is 10.1. The van der Waals surface area contributed by atoms with Crippen LogP contribution < -0.4 is 0 Å². The van der Waals surface area contributed by atoms with Gasteiger partial charge in [0.1, 0.15) is 0 Å². The summed E-state index contributed by atoms with van der Waals surface area (Å²) in [4.78, 5) is 18.2. The number of carboxylic acids is 1. The topological polar surface area (TPSA) is 63.3 Å². The molecule has 2 heterocycles. The fraction of sp³-hybridized carbons (Fsp3) is 0.500. The lowest BCUT2D eigenvalue weighted by molar-refractivity contribution is 0.0661. The number of hydrogen-bond donors (Lipinski definition) is 1. The van der Waals surface area contributed by atoms with Gasteiger partial charge in [-0.15, -0.1) is 11.3 Å². The molecule has 0 spiro atoms. The van der Waals surface area contributed by atoms with Crippen LogP contribution in [0.5, 0.6) is 0 Å². The maximum Gasteiger partial charge on any atom is 0.373 e. The Balaban J connectivity index is 1.73. The molecule has 5 heteroatoms. The van der Waals surface area contributed by atoms with Gasteiger partial charge >= 0.3 is 5.97 Å². The van der Waals surface area contributed by atoms with Crippen molar-refractivity contribution in [3.63, 3.8) is 0 Å². The van der Waals surface area contributed by atoms with E-state index in [-0.39, 0.29) is 11.7 Å². The van der Waals surface area contributed by atoms with Gasteiger partial charge in [-0.05, 0) is 50.2 Å². The number of rotatable bonds is 3. The highest BCUT2D eigenvalue weighted by Crippen LogP contribution is 2.43. The Hall–Kier alpha value is -1.62. The van der Waals surface area contributed by atoms with Crippen LogP contribution in [0.4, 0.5) is 0 Å². The molecule has 110 valence electrons. The molecule has 2 aromatic rings. The van der Waals surface area contributed by atoms with E-state index in [0.717, 1.165) is 30.6 Å². The van der Waals surface area contributed by atoms with Gasteiger partial charge in [-0.25, -0.2) is 9.78 Å². The minimum Gasteiger partial charge on any atom is -0.475 e. The predicted octanol–water partition coefficient (Wildman–Crippen LogP) is 4.25. The number of oxazole rings is 1. The number of thiophene rings is 1. The van der Waals surface area contributed by atoms with Gasteiger partial charge in [-0.3, -0.25) is 0 Å². The summed E-state index contributed by atoms with van der Waals surface area (Å²) in [6, 6.07) is 2.15. The maximum absolute atomic E-state index is 11.3. The van der Waals surface area contributed by atoms with E-state index in [9.17, 15) is 9.90 Å². The summed E-state index contributed by atoms with van der Waals surface area (Å²) in [5.41, 5.74) is 2.04. The van der Waals surface area contributed by atoms with Gasteiger partial charge in [0.25, 0.3) is 0 Å². The van der Waals surface area contributed by atoms with Crippen LogP contribution >= 0.6 is 11.3 Å². The molecule has 0 atom stereocenters. The van der Waals surface area contributed by atoms with Gasteiger partial charge in [0.15, 0.2) is 0 Å². The number of aryl methyl sites for hydroxylation is 2. The van der Waals surface area contributed by atoms with Crippen LogP contribution in [-0.2, 0) is 12.8 Å². The standard InChI is InChI=1S/C16H17NO3S/c18-16(19)14-13(9-6-7-9)17-15(20-14)12-8-10-4-2-1-3-5-11(10)21-12/h8-9H,1-7H2,(H,18,19). The first-order chi connectivity index (χ1) is 10.2. The zero-order valence-corrected chi connectivity index (χ0v) is 12.5. The molecule has 21 heavy (non-hydrogen) atoms. The number of nitrogens with zero attached hydrogens (tertiary/aromatic N) is 1. The smallest absolute Gasteiger partial charge is 0.373 e. The molecule has 1 saturated carbocycles. The van der Waals surface area contributed by atoms with Crippen molar-refractivity contribution in [2.75, 3.05) is 0 Å². The number of hydrogen-bond acceptors (Lipinski definition) is 4. The lowest BCUT2D eigenvalue weighted by Crippen LogP contribution is -1.98. The van der Waals surface area contributed by atoms with Crippen LogP contribution in [-0.4, -0.2) is 16.1 Å². The summed E-state index contributed by atoms with van der Waals surface area (Å²) in [5, 5.41) is 9.27. The second kappa shape index (κ2) is 4.98. The minimum atomic E-state index is -1.01. The average Bonchev–Trinajstić information content (AvgIpc) is 3.15. The van der Waals surface area contributed by atoms with Crippen molar-refractivity contribution in [3.8, 4) is 10.8 Å². The Morgan fingerprint density at radius 1 is 1.29 bits per heavy atom. The highest BCUT2D eigenvalue weighted by Gasteiger charge is 2.34. The fourth-order valence-corrected chi connectivity index (χ4v) is 4.18. The fourth-order valence-electron chi connectivity index (χ4n) is 3.00. The highest BCUT2D eigenvalue weighted by atomic mass is 32.1. The average molecular weight is 303 g/mol. The van der Waals surface area contributed by atoms with Crippen molar-refractivity contribution in [1.82, 2.24) is 4.98 Å². The van der Waals surface area contributed by atoms with Gasteiger partial charge in [-0.1, -0.05) is 6.42 Å². The quantitative estimate of drug-likeness (QED) is 0.861. The Morgan fingerprint density at radius 2 is 2.10 bits per heavy atom. The molecule has 0 saturated heterocycles.